The van der Waals surface area contributed by atoms with Crippen molar-refractivity contribution in [2.24, 2.45) is 0 Å². The van der Waals surface area contributed by atoms with Crippen molar-refractivity contribution in [3.8, 4) is 0 Å². The zero-order valence-corrected chi connectivity index (χ0v) is 9.04. The number of tetrazole rings is 1. The Labute approximate surface area is 92.4 Å². The molecule has 0 spiro atoms. The Morgan fingerprint density at radius 3 is 3.00 bits per heavy atom. The van der Waals surface area contributed by atoms with Crippen molar-refractivity contribution in [1.82, 2.24) is 20.2 Å². The van der Waals surface area contributed by atoms with Gasteiger partial charge in [-0.05, 0) is 23.3 Å². The summed E-state index contributed by atoms with van der Waals surface area (Å²) < 4.78 is 6.74. The summed E-state index contributed by atoms with van der Waals surface area (Å²) in [4.78, 5) is 10.6. The van der Waals surface area contributed by atoms with Gasteiger partial charge >= 0.3 is 5.97 Å². The molecule has 1 aliphatic carbocycles. The molecule has 1 saturated carbocycles. The Morgan fingerprint density at radius 2 is 2.44 bits per heavy atom. The van der Waals surface area contributed by atoms with Crippen molar-refractivity contribution in [3.63, 3.8) is 0 Å². The highest BCUT2D eigenvalue weighted by molar-refractivity contribution is 5.67. The van der Waals surface area contributed by atoms with Crippen LogP contribution >= 0.6 is 0 Å². The lowest BCUT2D eigenvalue weighted by molar-refractivity contribution is -0.140. The third-order valence-corrected chi connectivity index (χ3v) is 2.61. The molecule has 7 nitrogen and oxygen atoms in total. The molecule has 1 fully saturated rings. The van der Waals surface area contributed by atoms with Crippen LogP contribution < -0.4 is 0 Å². The molecule has 88 valence electrons. The number of aliphatic carboxylic acids is 1. The normalized spacial score (nSPS) is 17.3. The van der Waals surface area contributed by atoms with Crippen molar-refractivity contribution < 1.29 is 14.6 Å². The van der Waals surface area contributed by atoms with Gasteiger partial charge in [-0.15, -0.1) is 5.10 Å². The largest absolute Gasteiger partial charge is 0.481 e. The van der Waals surface area contributed by atoms with Gasteiger partial charge in [0, 0.05) is 13.0 Å². The Morgan fingerprint density at radius 1 is 1.69 bits per heavy atom. The second kappa shape index (κ2) is 4.56. The Balaban J connectivity index is 2.00. The molecule has 7 heteroatoms. The van der Waals surface area contributed by atoms with Crippen LogP contribution in [0, 0.1) is 0 Å². The number of carboxylic acids is 1. The highest BCUT2D eigenvalue weighted by atomic mass is 16.5. The Kier molecular flexibility index (Phi) is 3.14. The van der Waals surface area contributed by atoms with Crippen molar-refractivity contribution in [1.29, 1.82) is 0 Å². The first-order valence-corrected chi connectivity index (χ1v) is 5.21. The zero-order chi connectivity index (χ0) is 11.5. The van der Waals surface area contributed by atoms with Crippen molar-refractivity contribution in [2.75, 3.05) is 7.11 Å². The van der Waals surface area contributed by atoms with Crippen LogP contribution in [-0.2, 0) is 16.1 Å². The van der Waals surface area contributed by atoms with Crippen LogP contribution in [0.5, 0.6) is 0 Å². The SMILES string of the molecule is COC(CC(=O)O)Cn1nnnc1C1CC1. The first kappa shape index (κ1) is 11.0. The van der Waals surface area contributed by atoms with E-state index in [1.54, 1.807) is 4.68 Å². The number of rotatable bonds is 6. The van der Waals surface area contributed by atoms with Crippen molar-refractivity contribution >= 4 is 5.97 Å². The lowest BCUT2D eigenvalue weighted by Crippen LogP contribution is -2.24. The molecule has 1 heterocycles. The summed E-state index contributed by atoms with van der Waals surface area (Å²) in [5.41, 5.74) is 0. The van der Waals surface area contributed by atoms with E-state index in [1.165, 1.54) is 7.11 Å². The summed E-state index contributed by atoms with van der Waals surface area (Å²) in [6, 6.07) is 0. The summed E-state index contributed by atoms with van der Waals surface area (Å²) in [5, 5.41) is 20.1. The molecule has 1 unspecified atom stereocenters. The molecule has 1 aromatic heterocycles. The summed E-state index contributed by atoms with van der Waals surface area (Å²) in [7, 11) is 1.49. The average Bonchev–Trinajstić information content (AvgIpc) is 2.98. The van der Waals surface area contributed by atoms with E-state index >= 15 is 0 Å². The number of methoxy groups -OCH3 is 1. The number of aromatic nitrogens is 4. The van der Waals surface area contributed by atoms with Gasteiger partial charge in [-0.1, -0.05) is 0 Å². The van der Waals surface area contributed by atoms with Crippen LogP contribution in [0.2, 0.25) is 0 Å². The smallest absolute Gasteiger partial charge is 0.306 e. The molecule has 0 bridgehead atoms. The van der Waals surface area contributed by atoms with E-state index in [0.717, 1.165) is 18.7 Å². The lowest BCUT2D eigenvalue weighted by atomic mass is 10.2. The summed E-state index contributed by atoms with van der Waals surface area (Å²) in [5.74, 6) is 0.401. The number of nitrogens with zero attached hydrogens (tertiary/aromatic N) is 4. The van der Waals surface area contributed by atoms with E-state index in [2.05, 4.69) is 15.5 Å². The minimum atomic E-state index is -0.882. The molecule has 1 atom stereocenters. The predicted molar refractivity (Wildman–Crippen MR) is 52.8 cm³/mol. The van der Waals surface area contributed by atoms with Gasteiger partial charge in [0.1, 0.15) is 0 Å². The van der Waals surface area contributed by atoms with Crippen LogP contribution in [0.25, 0.3) is 0 Å². The minimum absolute atomic E-state index is 0.0412. The van der Waals surface area contributed by atoms with Gasteiger partial charge in [0.15, 0.2) is 5.82 Å². The van der Waals surface area contributed by atoms with Gasteiger partial charge in [-0.2, -0.15) is 0 Å². The van der Waals surface area contributed by atoms with Gasteiger partial charge in [0.2, 0.25) is 0 Å². The first-order chi connectivity index (χ1) is 7.70. The van der Waals surface area contributed by atoms with Gasteiger partial charge in [0.25, 0.3) is 0 Å². The van der Waals surface area contributed by atoms with Gasteiger partial charge in [0.05, 0.1) is 19.1 Å². The molecule has 2 rings (SSSR count). The van der Waals surface area contributed by atoms with Gasteiger partial charge < -0.3 is 9.84 Å². The van der Waals surface area contributed by atoms with Crippen molar-refractivity contribution in [2.45, 2.75) is 37.8 Å². The van der Waals surface area contributed by atoms with Crippen LogP contribution in [-0.4, -0.2) is 44.5 Å². The fourth-order valence-corrected chi connectivity index (χ4v) is 1.59. The predicted octanol–water partition coefficient (Wildman–Crippen LogP) is 0.0402. The van der Waals surface area contributed by atoms with E-state index in [9.17, 15) is 4.79 Å². The monoisotopic (exact) mass is 226 g/mol. The highest BCUT2D eigenvalue weighted by Gasteiger charge is 2.30. The van der Waals surface area contributed by atoms with E-state index < -0.39 is 12.1 Å². The van der Waals surface area contributed by atoms with Crippen molar-refractivity contribution in [3.05, 3.63) is 5.82 Å². The zero-order valence-electron chi connectivity index (χ0n) is 9.04. The minimum Gasteiger partial charge on any atom is -0.481 e. The molecule has 0 amide bonds. The maximum Gasteiger partial charge on any atom is 0.306 e. The third kappa shape index (κ3) is 2.54. The quantitative estimate of drug-likeness (QED) is 0.736. The molecule has 0 aliphatic heterocycles. The van der Waals surface area contributed by atoms with Crippen LogP contribution in [0.15, 0.2) is 0 Å². The molecule has 0 aromatic carbocycles. The molecular formula is C9H14N4O3. The molecule has 0 radical (unpaired) electrons. The van der Waals surface area contributed by atoms with Crippen LogP contribution in [0.4, 0.5) is 0 Å². The maximum atomic E-state index is 10.6. The molecule has 16 heavy (non-hydrogen) atoms. The lowest BCUT2D eigenvalue weighted by Gasteiger charge is -2.13. The van der Waals surface area contributed by atoms with E-state index in [1.807, 2.05) is 0 Å². The number of hydrogen-bond acceptors (Lipinski definition) is 5. The topological polar surface area (TPSA) is 90.1 Å². The number of ether oxygens (including phenoxy) is 1. The Bertz CT molecular complexity index is 375. The van der Waals surface area contributed by atoms with Gasteiger partial charge in [-0.25, -0.2) is 4.68 Å². The number of carboxylic acid groups (broad SMARTS) is 1. The second-order valence-corrected chi connectivity index (χ2v) is 3.95. The number of carbonyl (C=O) groups is 1. The first-order valence-electron chi connectivity index (χ1n) is 5.21. The molecular weight excluding hydrogens is 212 g/mol. The Hall–Kier alpha value is -1.50. The summed E-state index contributed by atoms with van der Waals surface area (Å²) in [6.45, 7) is 0.391. The van der Waals surface area contributed by atoms with Gasteiger partial charge in [-0.3, -0.25) is 4.79 Å². The maximum absolute atomic E-state index is 10.6. The van der Waals surface area contributed by atoms with E-state index in [0.29, 0.717) is 12.5 Å². The molecule has 0 saturated heterocycles. The van der Waals surface area contributed by atoms with Crippen LogP contribution in [0.1, 0.15) is 31.0 Å². The molecule has 1 aromatic rings. The summed E-state index contributed by atoms with van der Waals surface area (Å²) in [6.07, 6.45) is 1.78. The number of hydrogen-bond donors (Lipinski definition) is 1. The fourth-order valence-electron chi connectivity index (χ4n) is 1.59. The highest BCUT2D eigenvalue weighted by Crippen LogP contribution is 2.38. The fraction of sp³-hybridized carbons (Fsp3) is 0.778. The van der Waals surface area contributed by atoms with Crippen LogP contribution in [0.3, 0.4) is 0 Å². The second-order valence-electron chi connectivity index (χ2n) is 3.95. The van der Waals surface area contributed by atoms with E-state index in [-0.39, 0.29) is 6.42 Å². The molecule has 1 N–H and O–H groups in total. The summed E-state index contributed by atoms with van der Waals surface area (Å²) >= 11 is 0. The molecule has 1 aliphatic rings. The average molecular weight is 226 g/mol. The van der Waals surface area contributed by atoms with E-state index in [4.69, 9.17) is 9.84 Å². The third-order valence-electron chi connectivity index (χ3n) is 2.61. The standard InChI is InChI=1S/C9H14N4O3/c1-16-7(4-8(14)15)5-13-9(6-2-3-6)10-11-12-13/h6-7H,2-5H2,1H3,(H,14,15).